The third-order valence-electron chi connectivity index (χ3n) is 5.88. The predicted octanol–water partition coefficient (Wildman–Crippen LogP) is 5.44. The normalized spacial score (nSPS) is 14.4. The minimum absolute atomic E-state index is 0.116. The highest BCUT2D eigenvalue weighted by Gasteiger charge is 2.23. The smallest absolute Gasteiger partial charge is 0.253 e. The molecule has 1 fully saturated rings. The van der Waals surface area contributed by atoms with Gasteiger partial charge in [-0.15, -0.1) is 11.3 Å². The molecule has 0 atom stereocenters. The van der Waals surface area contributed by atoms with Crippen molar-refractivity contribution in [3.63, 3.8) is 0 Å². The van der Waals surface area contributed by atoms with Gasteiger partial charge in [0.1, 0.15) is 5.01 Å². The molecule has 5 heteroatoms. The second-order valence-electron chi connectivity index (χ2n) is 8.00. The Labute approximate surface area is 192 Å². The number of rotatable bonds is 5. The molecule has 1 amide bonds. The highest BCUT2D eigenvalue weighted by Crippen LogP contribution is 2.23. The summed E-state index contributed by atoms with van der Waals surface area (Å²) in [5, 5.41) is 3.25. The Bertz CT molecular complexity index is 1160. The largest absolute Gasteiger partial charge is 0.336 e. The number of benzene rings is 3. The molecule has 1 aliphatic heterocycles. The maximum atomic E-state index is 13.0. The summed E-state index contributed by atoms with van der Waals surface area (Å²) < 4.78 is 0. The number of thiazole rings is 1. The highest BCUT2D eigenvalue weighted by molar-refractivity contribution is 7.09. The van der Waals surface area contributed by atoms with Crippen LogP contribution in [0.4, 0.5) is 0 Å². The Balaban J connectivity index is 1.16. The molecule has 1 aliphatic rings. The second kappa shape index (κ2) is 9.47. The first-order chi connectivity index (χ1) is 15.8. The zero-order chi connectivity index (χ0) is 21.8. The van der Waals surface area contributed by atoms with Crippen molar-refractivity contribution in [2.75, 3.05) is 26.2 Å². The van der Waals surface area contributed by atoms with Crippen LogP contribution in [0.15, 0.2) is 90.3 Å². The first-order valence-electron chi connectivity index (χ1n) is 10.9. The van der Waals surface area contributed by atoms with E-state index in [1.54, 1.807) is 11.3 Å². The van der Waals surface area contributed by atoms with Gasteiger partial charge in [0, 0.05) is 42.7 Å². The standard InChI is InChI=1S/C27H25N3OS/c31-27(24-13-11-22(12-14-24)21-7-3-1-4-8-21)30-17-15-29(16-18-30)19-26-28-25(20-32-26)23-9-5-2-6-10-23/h1-14,20H,15-19H2. The van der Waals surface area contributed by atoms with E-state index in [2.05, 4.69) is 34.5 Å². The Kier molecular flexibility index (Phi) is 6.10. The second-order valence-corrected chi connectivity index (χ2v) is 8.95. The van der Waals surface area contributed by atoms with Gasteiger partial charge in [-0.25, -0.2) is 4.98 Å². The fraction of sp³-hybridized carbons (Fsp3) is 0.185. The van der Waals surface area contributed by atoms with Crippen LogP contribution in [0.5, 0.6) is 0 Å². The zero-order valence-electron chi connectivity index (χ0n) is 17.9. The monoisotopic (exact) mass is 439 g/mol. The first-order valence-corrected chi connectivity index (χ1v) is 11.8. The summed E-state index contributed by atoms with van der Waals surface area (Å²) in [4.78, 5) is 22.1. The number of carbonyl (C=O) groups is 1. The molecule has 4 aromatic rings. The fourth-order valence-electron chi connectivity index (χ4n) is 4.04. The molecule has 0 N–H and O–H groups in total. The summed E-state index contributed by atoms with van der Waals surface area (Å²) in [5.41, 5.74) is 5.25. The number of piperazine rings is 1. The van der Waals surface area contributed by atoms with Gasteiger partial charge in [-0.3, -0.25) is 9.69 Å². The van der Waals surface area contributed by atoms with Crippen molar-refractivity contribution in [1.82, 2.24) is 14.8 Å². The summed E-state index contributed by atoms with van der Waals surface area (Å²) in [6.45, 7) is 4.07. The van der Waals surface area contributed by atoms with Gasteiger partial charge in [-0.05, 0) is 23.3 Å². The van der Waals surface area contributed by atoms with Gasteiger partial charge in [-0.1, -0.05) is 72.8 Å². The summed E-state index contributed by atoms with van der Waals surface area (Å²) in [6.07, 6.45) is 0. The molecule has 0 radical (unpaired) electrons. The van der Waals surface area contributed by atoms with Crippen molar-refractivity contribution in [1.29, 1.82) is 0 Å². The quantitative estimate of drug-likeness (QED) is 0.416. The van der Waals surface area contributed by atoms with Crippen molar-refractivity contribution in [2.24, 2.45) is 0 Å². The third kappa shape index (κ3) is 4.64. The van der Waals surface area contributed by atoms with E-state index in [-0.39, 0.29) is 5.91 Å². The van der Waals surface area contributed by atoms with E-state index < -0.39 is 0 Å². The minimum atomic E-state index is 0.116. The molecule has 1 saturated heterocycles. The lowest BCUT2D eigenvalue weighted by atomic mass is 10.0. The summed E-state index contributed by atoms with van der Waals surface area (Å²) in [7, 11) is 0. The molecule has 0 unspecified atom stereocenters. The van der Waals surface area contributed by atoms with E-state index >= 15 is 0 Å². The van der Waals surface area contributed by atoms with Crippen molar-refractivity contribution < 1.29 is 4.79 Å². The average Bonchev–Trinajstić information content (AvgIpc) is 3.34. The molecule has 0 saturated carbocycles. The summed E-state index contributed by atoms with van der Waals surface area (Å²) in [6, 6.07) is 28.5. The van der Waals surface area contributed by atoms with Gasteiger partial charge in [0.15, 0.2) is 0 Å². The van der Waals surface area contributed by atoms with Crippen LogP contribution in [0, 0.1) is 0 Å². The van der Waals surface area contributed by atoms with Gasteiger partial charge >= 0.3 is 0 Å². The number of nitrogens with zero attached hydrogens (tertiary/aromatic N) is 3. The van der Waals surface area contributed by atoms with Gasteiger partial charge in [0.2, 0.25) is 0 Å². The van der Waals surface area contributed by atoms with Gasteiger partial charge < -0.3 is 4.90 Å². The van der Waals surface area contributed by atoms with Crippen LogP contribution < -0.4 is 0 Å². The SMILES string of the molecule is O=C(c1ccc(-c2ccccc2)cc1)N1CCN(Cc2nc(-c3ccccc3)cs2)CC1. The van der Waals surface area contributed by atoms with E-state index in [1.165, 1.54) is 0 Å². The number of hydrogen-bond acceptors (Lipinski definition) is 4. The lowest BCUT2D eigenvalue weighted by Crippen LogP contribution is -2.48. The number of hydrogen-bond donors (Lipinski definition) is 0. The third-order valence-corrected chi connectivity index (χ3v) is 6.71. The zero-order valence-corrected chi connectivity index (χ0v) is 18.7. The lowest BCUT2D eigenvalue weighted by Gasteiger charge is -2.34. The van der Waals surface area contributed by atoms with E-state index in [0.29, 0.717) is 0 Å². The maximum Gasteiger partial charge on any atom is 0.253 e. The van der Waals surface area contributed by atoms with Crippen LogP contribution in [-0.2, 0) is 6.54 Å². The highest BCUT2D eigenvalue weighted by atomic mass is 32.1. The molecule has 0 aliphatic carbocycles. The molecule has 3 aromatic carbocycles. The molecule has 160 valence electrons. The molecule has 5 rings (SSSR count). The van der Waals surface area contributed by atoms with E-state index in [4.69, 9.17) is 4.98 Å². The number of amides is 1. The number of aromatic nitrogens is 1. The maximum absolute atomic E-state index is 13.0. The van der Waals surface area contributed by atoms with Crippen molar-refractivity contribution in [3.8, 4) is 22.4 Å². The lowest BCUT2D eigenvalue weighted by molar-refractivity contribution is 0.0628. The molecule has 4 nitrogen and oxygen atoms in total. The Morgan fingerprint density at radius 3 is 2.00 bits per heavy atom. The van der Waals surface area contributed by atoms with Gasteiger partial charge in [0.05, 0.1) is 12.2 Å². The van der Waals surface area contributed by atoms with Crippen molar-refractivity contribution >= 4 is 17.2 Å². The Hall–Kier alpha value is -3.28. The molecule has 32 heavy (non-hydrogen) atoms. The molecule has 0 bridgehead atoms. The number of carbonyl (C=O) groups excluding carboxylic acids is 1. The van der Waals surface area contributed by atoms with Crippen LogP contribution in [0.25, 0.3) is 22.4 Å². The molecule has 1 aromatic heterocycles. The van der Waals surface area contributed by atoms with E-state index in [1.807, 2.05) is 65.6 Å². The van der Waals surface area contributed by atoms with Gasteiger partial charge in [-0.2, -0.15) is 0 Å². The van der Waals surface area contributed by atoms with Gasteiger partial charge in [0.25, 0.3) is 5.91 Å². The predicted molar refractivity (Wildman–Crippen MR) is 131 cm³/mol. The Morgan fingerprint density at radius 2 is 1.34 bits per heavy atom. The van der Waals surface area contributed by atoms with Crippen molar-refractivity contribution in [3.05, 3.63) is 101 Å². The van der Waals surface area contributed by atoms with Crippen LogP contribution >= 0.6 is 11.3 Å². The molecular formula is C27H25N3OS. The summed E-state index contributed by atoms with van der Waals surface area (Å²) >= 11 is 1.71. The van der Waals surface area contributed by atoms with E-state index in [0.717, 1.165) is 65.7 Å². The topological polar surface area (TPSA) is 36.4 Å². The van der Waals surface area contributed by atoms with Crippen LogP contribution in [0.2, 0.25) is 0 Å². The first kappa shape index (κ1) is 20.6. The van der Waals surface area contributed by atoms with Crippen LogP contribution in [-0.4, -0.2) is 46.9 Å². The average molecular weight is 440 g/mol. The van der Waals surface area contributed by atoms with Crippen LogP contribution in [0.3, 0.4) is 0 Å². The summed E-state index contributed by atoms with van der Waals surface area (Å²) in [5.74, 6) is 0.116. The minimum Gasteiger partial charge on any atom is -0.336 e. The van der Waals surface area contributed by atoms with Crippen LogP contribution in [0.1, 0.15) is 15.4 Å². The fourth-order valence-corrected chi connectivity index (χ4v) is 4.89. The molecular weight excluding hydrogens is 414 g/mol. The van der Waals surface area contributed by atoms with E-state index in [9.17, 15) is 4.79 Å². The Morgan fingerprint density at radius 1 is 0.750 bits per heavy atom. The van der Waals surface area contributed by atoms with Crippen molar-refractivity contribution in [2.45, 2.75) is 6.54 Å². The molecule has 2 heterocycles. The molecule has 0 spiro atoms.